The maximum absolute atomic E-state index is 13.5. The summed E-state index contributed by atoms with van der Waals surface area (Å²) >= 11 is 0. The molecule has 2 aromatic carbocycles. The lowest BCUT2D eigenvalue weighted by Gasteiger charge is -2.14. The van der Waals surface area contributed by atoms with Gasteiger partial charge in [0.2, 0.25) is 10.0 Å². The van der Waals surface area contributed by atoms with Crippen LogP contribution >= 0.6 is 0 Å². The minimum atomic E-state index is -3.67. The Balaban J connectivity index is 1.52. The first-order chi connectivity index (χ1) is 17.2. The molecule has 1 saturated carbocycles. The fraction of sp³-hybridized carbons (Fsp3) is 0.400. The maximum atomic E-state index is 13.5. The van der Waals surface area contributed by atoms with E-state index in [9.17, 15) is 22.6 Å². The SMILES string of the molecule is CCNC(=O)c1c(-c2ccc(F)cc2)oc2cc(NS(=O)(=O)CCC3COB(O)C3)c(C3CC3)cc12. The molecule has 1 atom stereocenters. The Hall–Kier alpha value is -2.89. The molecule has 1 aliphatic carbocycles. The molecule has 11 heteroatoms. The quantitative estimate of drug-likeness (QED) is 0.370. The molecule has 0 spiro atoms. The molecule has 1 unspecified atom stereocenters. The van der Waals surface area contributed by atoms with Crippen LogP contribution in [0.25, 0.3) is 22.3 Å². The lowest BCUT2D eigenvalue weighted by molar-refractivity contribution is 0.0957. The van der Waals surface area contributed by atoms with E-state index in [1.165, 1.54) is 12.1 Å². The number of hydrogen-bond acceptors (Lipinski definition) is 6. The van der Waals surface area contributed by atoms with Crippen LogP contribution in [0.1, 0.15) is 48.0 Å². The number of benzene rings is 2. The molecule has 8 nitrogen and oxygen atoms in total. The van der Waals surface area contributed by atoms with Gasteiger partial charge in [0.1, 0.15) is 17.2 Å². The zero-order chi connectivity index (χ0) is 25.4. The van der Waals surface area contributed by atoms with Crippen molar-refractivity contribution in [3.63, 3.8) is 0 Å². The molecule has 0 radical (unpaired) electrons. The van der Waals surface area contributed by atoms with Gasteiger partial charge in [0, 0.05) is 30.2 Å². The molecule has 2 aliphatic rings. The van der Waals surface area contributed by atoms with Crippen LogP contribution in [-0.2, 0) is 14.7 Å². The molecular weight excluding hydrogens is 486 g/mol. The van der Waals surface area contributed by atoms with Crippen LogP contribution in [0.15, 0.2) is 40.8 Å². The smallest absolute Gasteiger partial charge is 0.454 e. The molecule has 3 aromatic rings. The first-order valence-electron chi connectivity index (χ1n) is 12.2. The fourth-order valence-electron chi connectivity index (χ4n) is 4.67. The first kappa shape index (κ1) is 24.8. The van der Waals surface area contributed by atoms with Crippen molar-refractivity contribution in [3.05, 3.63) is 53.3 Å². The van der Waals surface area contributed by atoms with Crippen molar-refractivity contribution < 1.29 is 31.7 Å². The number of amides is 1. The number of hydrogen-bond donors (Lipinski definition) is 3. The number of fused-ring (bicyclic) bond motifs is 1. The topological polar surface area (TPSA) is 118 Å². The van der Waals surface area contributed by atoms with E-state index in [0.717, 1.165) is 18.4 Å². The summed E-state index contributed by atoms with van der Waals surface area (Å²) in [6.07, 6.45) is 2.66. The normalized spacial score (nSPS) is 18.1. The Morgan fingerprint density at radius 2 is 1.97 bits per heavy atom. The van der Waals surface area contributed by atoms with Gasteiger partial charge in [-0.2, -0.15) is 0 Å². The summed E-state index contributed by atoms with van der Waals surface area (Å²) in [7, 11) is -4.50. The van der Waals surface area contributed by atoms with E-state index in [1.807, 2.05) is 13.0 Å². The fourth-order valence-corrected chi connectivity index (χ4v) is 5.93. The van der Waals surface area contributed by atoms with Crippen molar-refractivity contribution in [2.45, 2.75) is 38.4 Å². The van der Waals surface area contributed by atoms with Gasteiger partial charge in [-0.3, -0.25) is 9.52 Å². The monoisotopic (exact) mass is 514 g/mol. The number of rotatable bonds is 9. The van der Waals surface area contributed by atoms with E-state index < -0.39 is 23.0 Å². The van der Waals surface area contributed by atoms with Gasteiger partial charge < -0.3 is 19.4 Å². The average molecular weight is 514 g/mol. The van der Waals surface area contributed by atoms with Gasteiger partial charge in [-0.15, -0.1) is 0 Å². The Bertz CT molecular complexity index is 1390. The van der Waals surface area contributed by atoms with Gasteiger partial charge >= 0.3 is 7.12 Å². The number of anilines is 1. The lowest BCUT2D eigenvalue weighted by atomic mass is 9.81. The van der Waals surface area contributed by atoms with Crippen molar-refractivity contribution in [2.75, 3.05) is 23.6 Å². The van der Waals surface area contributed by atoms with E-state index in [-0.39, 0.29) is 23.5 Å². The summed E-state index contributed by atoms with van der Waals surface area (Å²) in [4.78, 5) is 13.0. The molecule has 2 fully saturated rings. The molecule has 1 aromatic heterocycles. The number of carbonyl (C=O) groups excluding carboxylic acids is 1. The third kappa shape index (κ3) is 5.28. The molecule has 36 heavy (non-hydrogen) atoms. The molecular formula is C25H28BFN2O6S. The van der Waals surface area contributed by atoms with Crippen molar-refractivity contribution in [1.82, 2.24) is 5.32 Å². The second-order valence-corrected chi connectivity index (χ2v) is 11.3. The molecule has 1 amide bonds. The van der Waals surface area contributed by atoms with Crippen molar-refractivity contribution in [2.24, 2.45) is 5.92 Å². The van der Waals surface area contributed by atoms with Crippen molar-refractivity contribution in [1.29, 1.82) is 0 Å². The highest BCUT2D eigenvalue weighted by Crippen LogP contribution is 2.47. The van der Waals surface area contributed by atoms with Gasteiger partial charge in [-0.1, -0.05) is 0 Å². The number of halogens is 1. The second-order valence-electron chi connectivity index (χ2n) is 9.48. The summed E-state index contributed by atoms with van der Waals surface area (Å²) in [6, 6.07) is 9.17. The van der Waals surface area contributed by atoms with Crippen LogP contribution in [0.5, 0.6) is 0 Å². The standard InChI is InChI=1S/C25H28BFN2O6S/c1-2-28-25(30)23-20-11-19(16-3-4-16)21(29-36(32,33)10-9-15-13-26(31)34-14-15)12-22(20)35-24(23)17-5-7-18(27)8-6-17/h5-8,11-12,15-16,29,31H,2-4,9-10,13-14H2,1H3,(H,28,30). The predicted octanol–water partition coefficient (Wildman–Crippen LogP) is 4.12. The van der Waals surface area contributed by atoms with Crippen LogP contribution in [-0.4, -0.2) is 45.4 Å². The molecule has 2 heterocycles. The summed E-state index contributed by atoms with van der Waals surface area (Å²) in [6.45, 7) is 2.58. The van der Waals surface area contributed by atoms with Crippen LogP contribution in [0.3, 0.4) is 0 Å². The lowest BCUT2D eigenvalue weighted by Crippen LogP contribution is -2.23. The summed E-state index contributed by atoms with van der Waals surface area (Å²) < 4.78 is 53.4. The Kier molecular flexibility index (Phi) is 6.80. The van der Waals surface area contributed by atoms with E-state index in [1.54, 1.807) is 18.2 Å². The molecule has 5 rings (SSSR count). The largest absolute Gasteiger partial charge is 0.455 e. The number of sulfonamides is 1. The Morgan fingerprint density at radius 1 is 1.22 bits per heavy atom. The van der Waals surface area contributed by atoms with Crippen LogP contribution in [0.4, 0.5) is 10.1 Å². The van der Waals surface area contributed by atoms with Gasteiger partial charge in [0.05, 0.1) is 17.0 Å². The van der Waals surface area contributed by atoms with Crippen molar-refractivity contribution in [3.8, 4) is 11.3 Å². The van der Waals surface area contributed by atoms with Crippen LogP contribution in [0, 0.1) is 11.7 Å². The van der Waals surface area contributed by atoms with Gasteiger partial charge in [-0.25, -0.2) is 12.8 Å². The van der Waals surface area contributed by atoms with E-state index in [2.05, 4.69) is 10.0 Å². The third-order valence-electron chi connectivity index (χ3n) is 6.67. The summed E-state index contributed by atoms with van der Waals surface area (Å²) in [5, 5.41) is 12.9. The average Bonchev–Trinajstić information content (AvgIpc) is 3.49. The highest BCUT2D eigenvalue weighted by Gasteiger charge is 2.32. The molecule has 190 valence electrons. The van der Waals surface area contributed by atoms with Gasteiger partial charge in [0.15, 0.2) is 0 Å². The molecule has 3 N–H and O–H groups in total. The number of nitrogens with one attached hydrogen (secondary N) is 2. The molecule has 0 bridgehead atoms. The van der Waals surface area contributed by atoms with Gasteiger partial charge in [0.25, 0.3) is 5.91 Å². The van der Waals surface area contributed by atoms with E-state index in [4.69, 9.17) is 9.07 Å². The zero-order valence-electron chi connectivity index (χ0n) is 19.9. The second kappa shape index (κ2) is 9.87. The van der Waals surface area contributed by atoms with E-state index >= 15 is 0 Å². The Labute approximate surface area is 209 Å². The Morgan fingerprint density at radius 3 is 2.61 bits per heavy atom. The van der Waals surface area contributed by atoms with Crippen LogP contribution < -0.4 is 10.0 Å². The maximum Gasteiger partial charge on any atom is 0.454 e. The highest BCUT2D eigenvalue weighted by molar-refractivity contribution is 7.92. The first-order valence-corrected chi connectivity index (χ1v) is 13.8. The minimum Gasteiger partial charge on any atom is -0.455 e. The van der Waals surface area contributed by atoms with E-state index in [0.29, 0.717) is 59.4 Å². The number of carbonyl (C=O) groups is 1. The van der Waals surface area contributed by atoms with Gasteiger partial charge in [-0.05, 0) is 80.2 Å². The zero-order valence-corrected chi connectivity index (χ0v) is 20.7. The molecule has 1 aliphatic heterocycles. The van der Waals surface area contributed by atoms with Crippen molar-refractivity contribution >= 4 is 39.7 Å². The predicted molar refractivity (Wildman–Crippen MR) is 136 cm³/mol. The van der Waals surface area contributed by atoms with Crippen LogP contribution in [0.2, 0.25) is 6.32 Å². The highest BCUT2D eigenvalue weighted by atomic mass is 32.2. The minimum absolute atomic E-state index is 0.00932. The molecule has 1 saturated heterocycles. The summed E-state index contributed by atoms with van der Waals surface area (Å²) in [5.41, 5.74) is 2.52. The number of furan rings is 1. The third-order valence-corrected chi connectivity index (χ3v) is 7.97. The summed E-state index contributed by atoms with van der Waals surface area (Å²) in [5.74, 6) is -0.328.